The van der Waals surface area contributed by atoms with Gasteiger partial charge in [-0.1, -0.05) is 17.7 Å². The molecule has 2 aromatic heterocycles. The van der Waals surface area contributed by atoms with Crippen molar-refractivity contribution in [2.75, 3.05) is 5.32 Å². The molecule has 0 aliphatic carbocycles. The number of hydrogen-bond donors (Lipinski definition) is 1. The third kappa shape index (κ3) is 2.53. The maximum atomic E-state index is 6.27. The van der Waals surface area contributed by atoms with E-state index in [1.54, 1.807) is 11.0 Å². The highest BCUT2D eigenvalue weighted by Gasteiger charge is 2.09. The third-order valence-electron chi connectivity index (χ3n) is 3.01. The highest BCUT2D eigenvalue weighted by atomic mass is 35.5. The first kappa shape index (κ1) is 12.7. The van der Waals surface area contributed by atoms with Crippen molar-refractivity contribution in [2.24, 2.45) is 7.05 Å². The number of nitrogens with one attached hydrogen (secondary N) is 1. The summed E-state index contributed by atoms with van der Waals surface area (Å²) >= 11 is 6.27. The molecule has 1 N–H and O–H groups in total. The molecule has 0 unspecified atom stereocenters. The van der Waals surface area contributed by atoms with Crippen molar-refractivity contribution in [1.29, 1.82) is 0 Å². The summed E-state index contributed by atoms with van der Waals surface area (Å²) in [5.74, 6) is 0. The Kier molecular flexibility index (Phi) is 3.43. The van der Waals surface area contributed by atoms with Gasteiger partial charge in [0.15, 0.2) is 0 Å². The Bertz CT molecular complexity index is 702. The van der Waals surface area contributed by atoms with E-state index in [1.807, 2.05) is 36.0 Å². The molecule has 1 aromatic carbocycles. The molecule has 3 rings (SSSR count). The number of benzene rings is 1. The fourth-order valence-corrected chi connectivity index (χ4v) is 2.34. The van der Waals surface area contributed by atoms with E-state index in [4.69, 9.17) is 11.6 Å². The highest BCUT2D eigenvalue weighted by molar-refractivity contribution is 6.33. The molecule has 0 aliphatic rings. The van der Waals surface area contributed by atoms with Crippen LogP contribution in [0.2, 0.25) is 5.02 Å². The van der Waals surface area contributed by atoms with Crippen molar-refractivity contribution < 1.29 is 0 Å². The number of para-hydroxylation sites is 1. The van der Waals surface area contributed by atoms with Gasteiger partial charge in [0, 0.05) is 26.0 Å². The lowest BCUT2D eigenvalue weighted by molar-refractivity contribution is 0.877. The summed E-state index contributed by atoms with van der Waals surface area (Å²) in [7, 11) is 2.00. The molecular formula is C14H14ClN5. The van der Waals surface area contributed by atoms with Gasteiger partial charge in [0.25, 0.3) is 0 Å². The van der Waals surface area contributed by atoms with E-state index in [-0.39, 0.29) is 0 Å². The monoisotopic (exact) mass is 287 g/mol. The summed E-state index contributed by atoms with van der Waals surface area (Å²) in [5.41, 5.74) is 2.94. The molecule has 0 amide bonds. The van der Waals surface area contributed by atoms with Gasteiger partial charge in [0.05, 0.1) is 10.7 Å². The molecule has 2 heterocycles. The summed E-state index contributed by atoms with van der Waals surface area (Å²) in [6.07, 6.45) is 7.22. The summed E-state index contributed by atoms with van der Waals surface area (Å²) in [4.78, 5) is 3.96. The first-order valence-corrected chi connectivity index (χ1v) is 6.60. The second-order valence-electron chi connectivity index (χ2n) is 4.51. The SMILES string of the molecule is Cn1ccc(CNc2cccc(Cl)c2-n2cncn2)c1. The van der Waals surface area contributed by atoms with Gasteiger partial charge < -0.3 is 9.88 Å². The van der Waals surface area contributed by atoms with Crippen LogP contribution in [0, 0.1) is 0 Å². The minimum atomic E-state index is 0.633. The summed E-state index contributed by atoms with van der Waals surface area (Å²) in [5, 5.41) is 8.16. The maximum absolute atomic E-state index is 6.27. The summed E-state index contributed by atoms with van der Waals surface area (Å²) < 4.78 is 3.68. The van der Waals surface area contributed by atoms with E-state index in [2.05, 4.69) is 27.7 Å². The van der Waals surface area contributed by atoms with Crippen LogP contribution >= 0.6 is 11.6 Å². The van der Waals surface area contributed by atoms with Crippen molar-refractivity contribution in [3.8, 4) is 5.69 Å². The number of aryl methyl sites for hydroxylation is 1. The highest BCUT2D eigenvalue weighted by Crippen LogP contribution is 2.28. The normalized spacial score (nSPS) is 10.7. The van der Waals surface area contributed by atoms with Crippen molar-refractivity contribution in [3.63, 3.8) is 0 Å². The third-order valence-corrected chi connectivity index (χ3v) is 3.32. The standard InChI is InChI=1S/C14H14ClN5/c1-19-6-5-11(8-19)7-17-13-4-2-3-12(15)14(13)20-10-16-9-18-20/h2-6,8-10,17H,7H2,1H3. The number of rotatable bonds is 4. The fourth-order valence-electron chi connectivity index (χ4n) is 2.08. The quantitative estimate of drug-likeness (QED) is 0.803. The molecule has 0 spiro atoms. The van der Waals surface area contributed by atoms with E-state index in [9.17, 15) is 0 Å². The Balaban J connectivity index is 1.88. The maximum Gasteiger partial charge on any atom is 0.138 e. The van der Waals surface area contributed by atoms with Crippen LogP contribution in [0.5, 0.6) is 0 Å². The lowest BCUT2D eigenvalue weighted by Gasteiger charge is -2.12. The molecule has 0 saturated heterocycles. The molecule has 20 heavy (non-hydrogen) atoms. The predicted molar refractivity (Wildman–Crippen MR) is 79.1 cm³/mol. The molecule has 5 nitrogen and oxygen atoms in total. The molecule has 0 aliphatic heterocycles. The van der Waals surface area contributed by atoms with Gasteiger partial charge in [0.2, 0.25) is 0 Å². The lowest BCUT2D eigenvalue weighted by atomic mass is 10.2. The molecule has 0 radical (unpaired) electrons. The zero-order valence-corrected chi connectivity index (χ0v) is 11.7. The molecule has 0 saturated carbocycles. The zero-order valence-electron chi connectivity index (χ0n) is 11.0. The number of aromatic nitrogens is 4. The topological polar surface area (TPSA) is 47.7 Å². The second-order valence-corrected chi connectivity index (χ2v) is 4.92. The van der Waals surface area contributed by atoms with Crippen LogP contribution in [-0.4, -0.2) is 19.3 Å². The number of anilines is 1. The Labute approximate surface area is 121 Å². The van der Waals surface area contributed by atoms with Crippen molar-refractivity contribution in [1.82, 2.24) is 19.3 Å². The summed E-state index contributed by atoms with van der Waals surface area (Å²) in [6.45, 7) is 0.725. The Morgan fingerprint density at radius 1 is 1.30 bits per heavy atom. The van der Waals surface area contributed by atoms with Crippen LogP contribution in [0.15, 0.2) is 49.3 Å². The van der Waals surface area contributed by atoms with Gasteiger partial charge in [-0.25, -0.2) is 9.67 Å². The first-order chi connectivity index (χ1) is 9.74. The van der Waals surface area contributed by atoms with Gasteiger partial charge in [-0.2, -0.15) is 5.10 Å². The van der Waals surface area contributed by atoms with Crippen LogP contribution in [0.4, 0.5) is 5.69 Å². The van der Waals surface area contributed by atoms with Gasteiger partial charge in [-0.15, -0.1) is 0 Å². The average molecular weight is 288 g/mol. The van der Waals surface area contributed by atoms with E-state index in [0.717, 1.165) is 17.9 Å². The smallest absolute Gasteiger partial charge is 0.138 e. The van der Waals surface area contributed by atoms with Crippen molar-refractivity contribution in [3.05, 3.63) is 59.9 Å². The van der Waals surface area contributed by atoms with Gasteiger partial charge >= 0.3 is 0 Å². The van der Waals surface area contributed by atoms with Crippen LogP contribution in [-0.2, 0) is 13.6 Å². The molecule has 0 bridgehead atoms. The Hall–Kier alpha value is -2.27. The average Bonchev–Trinajstić information content (AvgIpc) is 3.08. The number of halogens is 1. The van der Waals surface area contributed by atoms with Crippen molar-refractivity contribution >= 4 is 17.3 Å². The van der Waals surface area contributed by atoms with Gasteiger partial charge in [-0.05, 0) is 23.8 Å². The zero-order chi connectivity index (χ0) is 13.9. The van der Waals surface area contributed by atoms with E-state index in [1.165, 1.54) is 11.9 Å². The fraction of sp³-hybridized carbons (Fsp3) is 0.143. The number of nitrogens with zero attached hydrogens (tertiary/aromatic N) is 4. The van der Waals surface area contributed by atoms with Crippen LogP contribution < -0.4 is 5.32 Å². The summed E-state index contributed by atoms with van der Waals surface area (Å²) in [6, 6.07) is 7.81. The van der Waals surface area contributed by atoms with Crippen molar-refractivity contribution in [2.45, 2.75) is 6.54 Å². The second kappa shape index (κ2) is 5.38. The van der Waals surface area contributed by atoms with Crippen LogP contribution in [0.1, 0.15) is 5.56 Å². The molecule has 0 fully saturated rings. The molecule has 6 heteroatoms. The molecule has 0 atom stereocenters. The minimum absolute atomic E-state index is 0.633. The minimum Gasteiger partial charge on any atom is -0.379 e. The van der Waals surface area contributed by atoms with Gasteiger partial charge in [-0.3, -0.25) is 0 Å². The van der Waals surface area contributed by atoms with Gasteiger partial charge in [0.1, 0.15) is 18.3 Å². The Morgan fingerprint density at radius 2 is 2.20 bits per heavy atom. The van der Waals surface area contributed by atoms with E-state index < -0.39 is 0 Å². The lowest BCUT2D eigenvalue weighted by Crippen LogP contribution is -2.05. The molecular weight excluding hydrogens is 274 g/mol. The first-order valence-electron chi connectivity index (χ1n) is 6.22. The van der Waals surface area contributed by atoms with E-state index in [0.29, 0.717) is 5.02 Å². The van der Waals surface area contributed by atoms with Crippen LogP contribution in [0.3, 0.4) is 0 Å². The molecule has 3 aromatic rings. The number of hydrogen-bond acceptors (Lipinski definition) is 3. The van der Waals surface area contributed by atoms with Crippen LogP contribution in [0.25, 0.3) is 5.69 Å². The molecule has 102 valence electrons. The Morgan fingerprint density at radius 3 is 2.90 bits per heavy atom. The largest absolute Gasteiger partial charge is 0.379 e. The predicted octanol–water partition coefficient (Wildman–Crippen LogP) is 2.87. The van der Waals surface area contributed by atoms with E-state index >= 15 is 0 Å².